The summed E-state index contributed by atoms with van der Waals surface area (Å²) in [5.41, 5.74) is 1.42. The Morgan fingerprint density at radius 1 is 1.39 bits per heavy atom. The molecule has 1 unspecified atom stereocenters. The van der Waals surface area contributed by atoms with Gasteiger partial charge in [-0.15, -0.1) is 6.42 Å². The van der Waals surface area contributed by atoms with Crippen molar-refractivity contribution in [2.24, 2.45) is 0 Å². The lowest BCUT2D eigenvalue weighted by atomic mass is 10.1. The minimum Gasteiger partial charge on any atom is -0.374 e. The summed E-state index contributed by atoms with van der Waals surface area (Å²) in [5.74, 6) is 2.53. The van der Waals surface area contributed by atoms with E-state index in [0.29, 0.717) is 0 Å². The lowest BCUT2D eigenvalue weighted by molar-refractivity contribution is -0.122. The van der Waals surface area contributed by atoms with E-state index < -0.39 is 0 Å². The third-order valence-electron chi connectivity index (χ3n) is 2.30. The number of rotatable bonds is 3. The molecule has 3 nitrogen and oxygen atoms in total. The molecular weight excluding hydrogens is 224 g/mol. The van der Waals surface area contributed by atoms with Crippen LogP contribution in [0.25, 0.3) is 0 Å². The summed E-state index contributed by atoms with van der Waals surface area (Å²) in [6.07, 6.45) is 5.34. The zero-order valence-electron chi connectivity index (χ0n) is 11.4. The van der Waals surface area contributed by atoms with Crippen LogP contribution in [0, 0.1) is 12.3 Å². The Morgan fingerprint density at radius 3 is 2.61 bits per heavy atom. The van der Waals surface area contributed by atoms with Gasteiger partial charge in [-0.3, -0.25) is 4.79 Å². The van der Waals surface area contributed by atoms with E-state index in [-0.39, 0.29) is 17.5 Å². The minimum absolute atomic E-state index is 0.0337. The van der Waals surface area contributed by atoms with Gasteiger partial charge in [-0.25, -0.2) is 0 Å². The molecule has 3 heteroatoms. The normalized spacial score (nSPS) is 12.4. The van der Waals surface area contributed by atoms with Gasteiger partial charge in [-0.2, -0.15) is 0 Å². The summed E-state index contributed by atoms with van der Waals surface area (Å²) in [4.78, 5) is 11.9. The number of carbonyl (C=O) groups excluding carboxylic acids is 1. The standard InChI is InChI=1S/C15H20N2O/c1-6-12-8-7-9-13(10-12)16-11(2)14(18)17-15(3,4)5/h1,7-11,16H,2-5H3,(H,17,18). The summed E-state index contributed by atoms with van der Waals surface area (Å²) in [7, 11) is 0. The molecule has 0 aliphatic heterocycles. The fourth-order valence-electron chi connectivity index (χ4n) is 1.49. The van der Waals surface area contributed by atoms with Crippen LogP contribution in [-0.2, 0) is 4.79 Å². The molecule has 18 heavy (non-hydrogen) atoms. The molecule has 0 spiro atoms. The molecule has 0 aliphatic carbocycles. The fourth-order valence-corrected chi connectivity index (χ4v) is 1.49. The fraction of sp³-hybridized carbons (Fsp3) is 0.400. The third kappa shape index (κ3) is 4.50. The molecule has 96 valence electrons. The number of amides is 1. The average molecular weight is 244 g/mol. The van der Waals surface area contributed by atoms with E-state index in [1.807, 2.05) is 52.0 Å². The highest BCUT2D eigenvalue weighted by molar-refractivity contribution is 5.84. The van der Waals surface area contributed by atoms with Crippen LogP contribution in [0.1, 0.15) is 33.3 Å². The van der Waals surface area contributed by atoms with Crippen LogP contribution >= 0.6 is 0 Å². The van der Waals surface area contributed by atoms with Crippen molar-refractivity contribution in [3.8, 4) is 12.3 Å². The molecule has 1 rings (SSSR count). The number of hydrogen-bond acceptors (Lipinski definition) is 2. The van der Waals surface area contributed by atoms with Crippen molar-refractivity contribution in [3.63, 3.8) is 0 Å². The van der Waals surface area contributed by atoms with E-state index in [1.165, 1.54) is 0 Å². The van der Waals surface area contributed by atoms with Gasteiger partial charge in [0, 0.05) is 16.8 Å². The number of anilines is 1. The van der Waals surface area contributed by atoms with Crippen molar-refractivity contribution < 1.29 is 4.79 Å². The second kappa shape index (κ2) is 5.59. The number of hydrogen-bond donors (Lipinski definition) is 2. The number of benzene rings is 1. The molecule has 1 atom stereocenters. The van der Waals surface area contributed by atoms with Crippen LogP contribution in [0.5, 0.6) is 0 Å². The predicted molar refractivity (Wildman–Crippen MR) is 75.4 cm³/mol. The molecule has 0 saturated carbocycles. The van der Waals surface area contributed by atoms with Gasteiger partial charge in [0.05, 0.1) is 0 Å². The van der Waals surface area contributed by atoms with Crippen molar-refractivity contribution in [1.29, 1.82) is 0 Å². The molecule has 0 aliphatic rings. The van der Waals surface area contributed by atoms with Gasteiger partial charge in [0.15, 0.2) is 0 Å². The number of carbonyl (C=O) groups is 1. The molecule has 2 N–H and O–H groups in total. The van der Waals surface area contributed by atoms with Crippen LogP contribution in [0.4, 0.5) is 5.69 Å². The maximum absolute atomic E-state index is 11.9. The molecular formula is C15H20N2O. The summed E-state index contributed by atoms with van der Waals surface area (Å²) in [5, 5.41) is 6.06. The Morgan fingerprint density at radius 2 is 2.06 bits per heavy atom. The van der Waals surface area contributed by atoms with Crippen molar-refractivity contribution in [3.05, 3.63) is 29.8 Å². The van der Waals surface area contributed by atoms with E-state index in [2.05, 4.69) is 16.6 Å². The molecule has 0 fully saturated rings. The maximum Gasteiger partial charge on any atom is 0.242 e. The van der Waals surface area contributed by atoms with Crippen LogP contribution in [0.15, 0.2) is 24.3 Å². The summed E-state index contributed by atoms with van der Waals surface area (Å²) >= 11 is 0. The Hall–Kier alpha value is -1.95. The van der Waals surface area contributed by atoms with Gasteiger partial charge < -0.3 is 10.6 Å². The highest BCUT2D eigenvalue weighted by Gasteiger charge is 2.18. The molecule has 1 aromatic rings. The monoisotopic (exact) mass is 244 g/mol. The summed E-state index contributed by atoms with van der Waals surface area (Å²) in [6.45, 7) is 7.69. The van der Waals surface area contributed by atoms with Crippen molar-refractivity contribution in [2.45, 2.75) is 39.3 Å². The van der Waals surface area contributed by atoms with Gasteiger partial charge in [-0.1, -0.05) is 12.0 Å². The Kier molecular flexibility index (Phi) is 4.38. The molecule has 0 radical (unpaired) electrons. The molecule has 0 saturated heterocycles. The minimum atomic E-state index is -0.308. The lowest BCUT2D eigenvalue weighted by Crippen LogP contribution is -2.47. The van der Waals surface area contributed by atoms with Crippen molar-refractivity contribution >= 4 is 11.6 Å². The van der Waals surface area contributed by atoms with E-state index in [0.717, 1.165) is 11.3 Å². The summed E-state index contributed by atoms with van der Waals surface area (Å²) in [6, 6.07) is 7.15. The molecule has 0 aromatic heterocycles. The average Bonchev–Trinajstić information content (AvgIpc) is 2.27. The van der Waals surface area contributed by atoms with Gasteiger partial charge in [0.1, 0.15) is 6.04 Å². The maximum atomic E-state index is 11.9. The van der Waals surface area contributed by atoms with E-state index in [4.69, 9.17) is 6.42 Å². The molecule has 1 aromatic carbocycles. The zero-order valence-corrected chi connectivity index (χ0v) is 11.4. The zero-order chi connectivity index (χ0) is 13.8. The predicted octanol–water partition coefficient (Wildman–Crippen LogP) is 2.38. The Labute approximate surface area is 109 Å². The van der Waals surface area contributed by atoms with Crippen LogP contribution < -0.4 is 10.6 Å². The van der Waals surface area contributed by atoms with Crippen LogP contribution in [0.2, 0.25) is 0 Å². The number of nitrogens with one attached hydrogen (secondary N) is 2. The van der Waals surface area contributed by atoms with Crippen LogP contribution in [0.3, 0.4) is 0 Å². The quantitative estimate of drug-likeness (QED) is 0.802. The molecule has 0 bridgehead atoms. The highest BCUT2D eigenvalue weighted by Crippen LogP contribution is 2.11. The first-order chi connectivity index (χ1) is 8.31. The van der Waals surface area contributed by atoms with Gasteiger partial charge in [0.2, 0.25) is 5.91 Å². The smallest absolute Gasteiger partial charge is 0.242 e. The van der Waals surface area contributed by atoms with Crippen LogP contribution in [-0.4, -0.2) is 17.5 Å². The Balaban J connectivity index is 2.67. The first-order valence-corrected chi connectivity index (χ1v) is 5.97. The Bertz CT molecular complexity index is 466. The summed E-state index contributed by atoms with van der Waals surface area (Å²) < 4.78 is 0. The third-order valence-corrected chi connectivity index (χ3v) is 2.30. The largest absolute Gasteiger partial charge is 0.374 e. The van der Waals surface area contributed by atoms with E-state index >= 15 is 0 Å². The van der Waals surface area contributed by atoms with E-state index in [1.54, 1.807) is 0 Å². The first-order valence-electron chi connectivity index (χ1n) is 5.97. The van der Waals surface area contributed by atoms with Gasteiger partial charge >= 0.3 is 0 Å². The van der Waals surface area contributed by atoms with E-state index in [9.17, 15) is 4.79 Å². The van der Waals surface area contributed by atoms with Crippen molar-refractivity contribution in [1.82, 2.24) is 5.32 Å². The SMILES string of the molecule is C#Cc1cccc(NC(C)C(=O)NC(C)(C)C)c1. The van der Waals surface area contributed by atoms with Crippen molar-refractivity contribution in [2.75, 3.05) is 5.32 Å². The first kappa shape index (κ1) is 14.1. The number of terminal acetylenes is 1. The second-order valence-corrected chi connectivity index (χ2v) is 5.33. The lowest BCUT2D eigenvalue weighted by Gasteiger charge is -2.24. The van der Waals surface area contributed by atoms with Gasteiger partial charge in [0.25, 0.3) is 0 Å². The highest BCUT2D eigenvalue weighted by atomic mass is 16.2. The second-order valence-electron chi connectivity index (χ2n) is 5.33. The topological polar surface area (TPSA) is 41.1 Å². The van der Waals surface area contributed by atoms with Gasteiger partial charge in [-0.05, 0) is 45.9 Å². The molecule has 1 amide bonds. The molecule has 0 heterocycles.